The summed E-state index contributed by atoms with van der Waals surface area (Å²) >= 11 is 3.23. The van der Waals surface area contributed by atoms with Crippen LogP contribution >= 0.6 is 15.9 Å². The zero-order chi connectivity index (χ0) is 14.0. The standard InChI is InChI=1S/C11H14BrNO4S2/c12-10-2-1-9(8-14)7-11(10)19(16,17)13-3-5-18(15)6-4-13/h1-2,7,14H,3-6,8H2. The van der Waals surface area contributed by atoms with Crippen molar-refractivity contribution >= 4 is 36.8 Å². The first-order valence-electron chi connectivity index (χ1n) is 5.69. The maximum absolute atomic E-state index is 12.5. The highest BCUT2D eigenvalue weighted by atomic mass is 79.9. The van der Waals surface area contributed by atoms with E-state index >= 15 is 0 Å². The van der Waals surface area contributed by atoms with E-state index in [-0.39, 0.29) is 24.6 Å². The maximum atomic E-state index is 12.5. The predicted molar refractivity (Wildman–Crippen MR) is 76.7 cm³/mol. The molecular formula is C11H14BrNO4S2. The zero-order valence-electron chi connectivity index (χ0n) is 10.1. The first-order valence-corrected chi connectivity index (χ1v) is 9.41. The Labute approximate surface area is 123 Å². The first-order chi connectivity index (χ1) is 8.95. The molecule has 0 atom stereocenters. The molecule has 5 nitrogen and oxygen atoms in total. The number of nitrogens with zero attached hydrogens (tertiary/aromatic N) is 1. The van der Waals surface area contributed by atoms with E-state index in [0.717, 1.165) is 0 Å². The van der Waals surface area contributed by atoms with Gasteiger partial charge in [-0.1, -0.05) is 6.07 Å². The van der Waals surface area contributed by atoms with E-state index in [0.29, 0.717) is 21.5 Å². The third-order valence-corrected chi connectivity index (χ3v) is 7.10. The number of sulfonamides is 1. The molecule has 2 rings (SSSR count). The van der Waals surface area contributed by atoms with Crippen molar-refractivity contribution in [2.45, 2.75) is 11.5 Å². The Morgan fingerprint density at radius 2 is 1.95 bits per heavy atom. The van der Waals surface area contributed by atoms with Gasteiger partial charge in [0.05, 0.1) is 11.5 Å². The highest BCUT2D eigenvalue weighted by Gasteiger charge is 2.29. The summed E-state index contributed by atoms with van der Waals surface area (Å²) in [5.41, 5.74) is 0.544. The second-order valence-corrected chi connectivity index (χ2v) is 8.63. The Hall–Kier alpha value is -0.280. The number of hydrogen-bond donors (Lipinski definition) is 1. The summed E-state index contributed by atoms with van der Waals surface area (Å²) in [5.74, 6) is 0.743. The molecule has 0 bridgehead atoms. The quantitative estimate of drug-likeness (QED) is 0.852. The first kappa shape index (κ1) is 15.1. The molecule has 0 radical (unpaired) electrons. The summed E-state index contributed by atoms with van der Waals surface area (Å²) in [6, 6.07) is 4.74. The average molecular weight is 368 g/mol. The van der Waals surface area contributed by atoms with Crippen LogP contribution in [0.25, 0.3) is 0 Å². The molecule has 1 saturated heterocycles. The van der Waals surface area contributed by atoms with Crippen LogP contribution in [0, 0.1) is 0 Å². The zero-order valence-corrected chi connectivity index (χ0v) is 13.3. The van der Waals surface area contributed by atoms with E-state index in [1.807, 2.05) is 0 Å². The van der Waals surface area contributed by atoms with Gasteiger partial charge in [-0.3, -0.25) is 4.21 Å². The van der Waals surface area contributed by atoms with Crippen molar-refractivity contribution in [2.75, 3.05) is 24.6 Å². The second kappa shape index (κ2) is 6.01. The fourth-order valence-corrected chi connectivity index (χ4v) is 5.54. The van der Waals surface area contributed by atoms with Crippen LogP contribution in [0.3, 0.4) is 0 Å². The Morgan fingerprint density at radius 3 is 2.53 bits per heavy atom. The third kappa shape index (κ3) is 3.25. The molecule has 1 aromatic carbocycles. The van der Waals surface area contributed by atoms with Gasteiger partial charge in [-0.05, 0) is 33.6 Å². The fraction of sp³-hybridized carbons (Fsp3) is 0.455. The summed E-state index contributed by atoms with van der Waals surface area (Å²) in [6.07, 6.45) is 0. The van der Waals surface area contributed by atoms with E-state index in [1.165, 1.54) is 10.4 Å². The SMILES string of the molecule is O=S1CCN(S(=O)(=O)c2cc(CO)ccc2Br)CC1. The van der Waals surface area contributed by atoms with Gasteiger partial charge >= 0.3 is 0 Å². The number of aliphatic hydroxyl groups is 1. The molecule has 1 aliphatic heterocycles. The molecule has 0 unspecified atom stereocenters. The number of benzene rings is 1. The number of rotatable bonds is 3. The molecule has 1 aliphatic rings. The molecule has 1 fully saturated rings. The van der Waals surface area contributed by atoms with Crippen LogP contribution in [-0.2, 0) is 27.4 Å². The molecule has 0 amide bonds. The summed E-state index contributed by atoms with van der Waals surface area (Å²) < 4.78 is 38.1. The minimum Gasteiger partial charge on any atom is -0.392 e. The van der Waals surface area contributed by atoms with Crippen molar-refractivity contribution in [3.05, 3.63) is 28.2 Å². The number of aliphatic hydroxyl groups excluding tert-OH is 1. The predicted octanol–water partition coefficient (Wildman–Crippen LogP) is 0.694. The highest BCUT2D eigenvalue weighted by molar-refractivity contribution is 9.10. The highest BCUT2D eigenvalue weighted by Crippen LogP contribution is 2.27. The van der Waals surface area contributed by atoms with Gasteiger partial charge in [0.1, 0.15) is 0 Å². The lowest BCUT2D eigenvalue weighted by atomic mass is 10.2. The average Bonchev–Trinajstić information content (AvgIpc) is 2.39. The fourth-order valence-electron chi connectivity index (χ4n) is 1.84. The van der Waals surface area contributed by atoms with E-state index in [2.05, 4.69) is 15.9 Å². The van der Waals surface area contributed by atoms with E-state index in [1.54, 1.807) is 12.1 Å². The number of halogens is 1. The van der Waals surface area contributed by atoms with Gasteiger partial charge in [-0.2, -0.15) is 4.31 Å². The smallest absolute Gasteiger partial charge is 0.244 e. The normalized spacial score (nSPS) is 18.6. The molecule has 0 aromatic heterocycles. The van der Waals surface area contributed by atoms with Gasteiger partial charge in [0.2, 0.25) is 10.0 Å². The molecule has 0 saturated carbocycles. The molecule has 19 heavy (non-hydrogen) atoms. The van der Waals surface area contributed by atoms with Crippen LogP contribution in [0.2, 0.25) is 0 Å². The molecule has 1 aromatic rings. The third-order valence-electron chi connectivity index (χ3n) is 2.93. The minimum atomic E-state index is -3.61. The summed E-state index contributed by atoms with van der Waals surface area (Å²) in [4.78, 5) is 0.145. The minimum absolute atomic E-state index is 0.145. The molecule has 106 valence electrons. The van der Waals surface area contributed by atoms with Crippen LogP contribution in [0.5, 0.6) is 0 Å². The van der Waals surface area contributed by atoms with Crippen LogP contribution in [0.4, 0.5) is 0 Å². The number of hydrogen-bond acceptors (Lipinski definition) is 4. The van der Waals surface area contributed by atoms with Crippen molar-refractivity contribution in [1.29, 1.82) is 0 Å². The molecule has 1 N–H and O–H groups in total. The lowest BCUT2D eigenvalue weighted by molar-refractivity contribution is 0.281. The van der Waals surface area contributed by atoms with Crippen molar-refractivity contribution < 1.29 is 17.7 Å². The summed E-state index contributed by atoms with van der Waals surface area (Å²) in [7, 11) is -4.53. The molecule has 0 spiro atoms. The Balaban J connectivity index is 2.36. The van der Waals surface area contributed by atoms with Crippen LogP contribution < -0.4 is 0 Å². The molecule has 8 heteroatoms. The van der Waals surface area contributed by atoms with Gasteiger partial charge in [0.15, 0.2) is 0 Å². The largest absolute Gasteiger partial charge is 0.392 e. The Kier molecular flexibility index (Phi) is 4.78. The lowest BCUT2D eigenvalue weighted by Crippen LogP contribution is -2.41. The lowest BCUT2D eigenvalue weighted by Gasteiger charge is -2.26. The Morgan fingerprint density at radius 1 is 1.32 bits per heavy atom. The van der Waals surface area contributed by atoms with Gasteiger partial charge in [-0.25, -0.2) is 8.42 Å². The van der Waals surface area contributed by atoms with Crippen molar-refractivity contribution in [3.63, 3.8) is 0 Å². The summed E-state index contributed by atoms with van der Waals surface area (Å²) in [5, 5.41) is 9.10. The molecular weight excluding hydrogens is 354 g/mol. The monoisotopic (exact) mass is 367 g/mol. The van der Waals surface area contributed by atoms with Gasteiger partial charge in [0, 0.05) is 39.9 Å². The van der Waals surface area contributed by atoms with E-state index in [4.69, 9.17) is 5.11 Å². The summed E-state index contributed by atoms with van der Waals surface area (Å²) in [6.45, 7) is 0.329. The van der Waals surface area contributed by atoms with Crippen LogP contribution in [0.15, 0.2) is 27.6 Å². The Bertz CT molecular complexity index is 593. The second-order valence-electron chi connectivity index (χ2n) is 4.18. The molecule has 0 aliphatic carbocycles. The van der Waals surface area contributed by atoms with Gasteiger partial charge in [-0.15, -0.1) is 0 Å². The van der Waals surface area contributed by atoms with Gasteiger partial charge in [0.25, 0.3) is 0 Å². The van der Waals surface area contributed by atoms with Crippen molar-refractivity contribution in [1.82, 2.24) is 4.31 Å². The van der Waals surface area contributed by atoms with Crippen LogP contribution in [-0.4, -0.2) is 46.6 Å². The maximum Gasteiger partial charge on any atom is 0.244 e. The van der Waals surface area contributed by atoms with Crippen molar-refractivity contribution in [3.8, 4) is 0 Å². The van der Waals surface area contributed by atoms with Crippen molar-refractivity contribution in [2.24, 2.45) is 0 Å². The van der Waals surface area contributed by atoms with E-state index < -0.39 is 20.8 Å². The van der Waals surface area contributed by atoms with Crippen LogP contribution in [0.1, 0.15) is 5.56 Å². The molecule has 1 heterocycles. The topological polar surface area (TPSA) is 74.7 Å². The van der Waals surface area contributed by atoms with Gasteiger partial charge < -0.3 is 5.11 Å². The van der Waals surface area contributed by atoms with E-state index in [9.17, 15) is 12.6 Å².